The lowest BCUT2D eigenvalue weighted by molar-refractivity contribution is -0.129. The molecule has 1 N–H and O–H groups in total. The van der Waals surface area contributed by atoms with E-state index in [1.165, 1.54) is 11.1 Å². The highest BCUT2D eigenvalue weighted by atomic mass is 16.5. The standard InChI is InChI=1S/C24H28N4O3/c1-15-11-21-22(13-25-24(21)30)26-23(15)27-9-6-19(7-10-27)31-20-4-3-17-5-8-28(16(2)29)14-18(17)12-20/h3-4,11-12,19H,5-10,13-14H2,1-2H3,(H,25,30). The summed E-state index contributed by atoms with van der Waals surface area (Å²) in [6.07, 6.45) is 2.92. The van der Waals surface area contributed by atoms with E-state index in [9.17, 15) is 9.59 Å². The third-order valence-corrected chi connectivity index (χ3v) is 6.61. The quantitative estimate of drug-likeness (QED) is 0.826. The molecule has 0 bridgehead atoms. The molecular formula is C24H28N4O3. The summed E-state index contributed by atoms with van der Waals surface area (Å²) in [5.41, 5.74) is 5.09. The van der Waals surface area contributed by atoms with Gasteiger partial charge in [0.2, 0.25) is 5.91 Å². The minimum Gasteiger partial charge on any atom is -0.490 e. The number of fused-ring (bicyclic) bond motifs is 2. The first-order valence-electron chi connectivity index (χ1n) is 11.1. The van der Waals surface area contributed by atoms with Crippen LogP contribution in [-0.2, 0) is 24.3 Å². The summed E-state index contributed by atoms with van der Waals surface area (Å²) in [6, 6.07) is 8.27. The number of aromatic nitrogens is 1. The van der Waals surface area contributed by atoms with E-state index in [-0.39, 0.29) is 17.9 Å². The van der Waals surface area contributed by atoms with Gasteiger partial charge in [-0.25, -0.2) is 4.98 Å². The molecule has 0 spiro atoms. The number of hydrogen-bond donors (Lipinski definition) is 1. The predicted molar refractivity (Wildman–Crippen MR) is 117 cm³/mol. The van der Waals surface area contributed by atoms with Crippen molar-refractivity contribution in [2.24, 2.45) is 0 Å². The monoisotopic (exact) mass is 420 g/mol. The van der Waals surface area contributed by atoms with Crippen LogP contribution in [0.2, 0.25) is 0 Å². The molecule has 0 aliphatic carbocycles. The van der Waals surface area contributed by atoms with Gasteiger partial charge in [0.25, 0.3) is 5.91 Å². The molecule has 1 aromatic carbocycles. The first-order chi connectivity index (χ1) is 15.0. The van der Waals surface area contributed by atoms with Crippen molar-refractivity contribution in [1.82, 2.24) is 15.2 Å². The van der Waals surface area contributed by atoms with E-state index in [1.54, 1.807) is 6.92 Å². The summed E-state index contributed by atoms with van der Waals surface area (Å²) in [5, 5.41) is 2.85. The Labute approximate surface area is 182 Å². The molecule has 2 amide bonds. The van der Waals surface area contributed by atoms with Gasteiger partial charge >= 0.3 is 0 Å². The highest BCUT2D eigenvalue weighted by Crippen LogP contribution is 2.29. The molecule has 0 saturated carbocycles. The van der Waals surface area contributed by atoms with Crippen molar-refractivity contribution in [2.45, 2.75) is 52.3 Å². The van der Waals surface area contributed by atoms with Crippen LogP contribution >= 0.6 is 0 Å². The highest BCUT2D eigenvalue weighted by molar-refractivity contribution is 5.98. The Bertz CT molecular complexity index is 1040. The SMILES string of the molecule is CC(=O)N1CCc2ccc(OC3CCN(c4nc5c(cc4C)C(=O)NC5)CC3)cc2C1. The van der Waals surface area contributed by atoms with Gasteiger partial charge in [0, 0.05) is 45.9 Å². The lowest BCUT2D eigenvalue weighted by Crippen LogP contribution is -2.39. The lowest BCUT2D eigenvalue weighted by atomic mass is 9.99. The molecular weight excluding hydrogens is 392 g/mol. The molecule has 1 aromatic heterocycles. The van der Waals surface area contributed by atoms with E-state index in [1.807, 2.05) is 17.9 Å². The maximum atomic E-state index is 11.9. The summed E-state index contributed by atoms with van der Waals surface area (Å²) in [5.74, 6) is 1.96. The largest absolute Gasteiger partial charge is 0.490 e. The number of pyridine rings is 1. The van der Waals surface area contributed by atoms with Gasteiger partial charge in [-0.1, -0.05) is 6.07 Å². The number of benzene rings is 1. The van der Waals surface area contributed by atoms with Crippen molar-refractivity contribution in [1.29, 1.82) is 0 Å². The van der Waals surface area contributed by atoms with E-state index < -0.39 is 0 Å². The second-order valence-corrected chi connectivity index (χ2v) is 8.73. The van der Waals surface area contributed by atoms with Gasteiger partial charge in [-0.05, 0) is 48.2 Å². The molecule has 162 valence electrons. The summed E-state index contributed by atoms with van der Waals surface area (Å²) >= 11 is 0. The zero-order chi connectivity index (χ0) is 21.5. The third-order valence-electron chi connectivity index (χ3n) is 6.61. The van der Waals surface area contributed by atoms with Crippen LogP contribution in [-0.4, -0.2) is 47.4 Å². The average Bonchev–Trinajstić information content (AvgIpc) is 3.13. The van der Waals surface area contributed by atoms with Crippen molar-refractivity contribution in [3.05, 3.63) is 52.2 Å². The number of carbonyl (C=O) groups is 2. The van der Waals surface area contributed by atoms with Crippen LogP contribution in [0, 0.1) is 6.92 Å². The molecule has 0 atom stereocenters. The van der Waals surface area contributed by atoms with Gasteiger partial charge in [0.05, 0.1) is 17.8 Å². The Balaban J connectivity index is 1.23. The van der Waals surface area contributed by atoms with Gasteiger partial charge in [-0.15, -0.1) is 0 Å². The van der Waals surface area contributed by atoms with Crippen molar-refractivity contribution >= 4 is 17.6 Å². The van der Waals surface area contributed by atoms with Gasteiger partial charge in [-0.3, -0.25) is 9.59 Å². The highest BCUT2D eigenvalue weighted by Gasteiger charge is 2.27. The molecule has 2 aromatic rings. The third kappa shape index (κ3) is 3.84. The molecule has 3 aliphatic rings. The topological polar surface area (TPSA) is 74.8 Å². The zero-order valence-corrected chi connectivity index (χ0v) is 18.1. The van der Waals surface area contributed by atoms with Crippen LogP contribution in [0.3, 0.4) is 0 Å². The number of rotatable bonds is 3. The van der Waals surface area contributed by atoms with Gasteiger partial charge in [0.15, 0.2) is 0 Å². The molecule has 1 fully saturated rings. The molecule has 7 heteroatoms. The van der Waals surface area contributed by atoms with Gasteiger partial charge in [0.1, 0.15) is 17.7 Å². The Hall–Kier alpha value is -3.09. The second kappa shape index (κ2) is 7.87. The fourth-order valence-corrected chi connectivity index (χ4v) is 4.80. The van der Waals surface area contributed by atoms with E-state index >= 15 is 0 Å². The Morgan fingerprint density at radius 3 is 2.74 bits per heavy atom. The Morgan fingerprint density at radius 2 is 1.97 bits per heavy atom. The van der Waals surface area contributed by atoms with Crippen LogP contribution in [0.15, 0.2) is 24.3 Å². The van der Waals surface area contributed by atoms with Crippen LogP contribution in [0.5, 0.6) is 5.75 Å². The predicted octanol–water partition coefficient (Wildman–Crippen LogP) is 2.59. The number of nitrogens with one attached hydrogen (secondary N) is 1. The number of piperidine rings is 1. The van der Waals surface area contributed by atoms with Crippen molar-refractivity contribution in [2.75, 3.05) is 24.5 Å². The number of anilines is 1. The Kier molecular flexibility index (Phi) is 5.04. The number of carbonyl (C=O) groups excluding carboxylic acids is 2. The van der Waals surface area contributed by atoms with Crippen LogP contribution in [0.4, 0.5) is 5.82 Å². The molecule has 31 heavy (non-hydrogen) atoms. The molecule has 4 heterocycles. The van der Waals surface area contributed by atoms with E-state index in [0.29, 0.717) is 18.7 Å². The minimum absolute atomic E-state index is 0.0271. The maximum Gasteiger partial charge on any atom is 0.253 e. The summed E-state index contributed by atoms with van der Waals surface area (Å²) in [4.78, 5) is 32.6. The van der Waals surface area contributed by atoms with Crippen LogP contribution in [0.25, 0.3) is 0 Å². The number of aryl methyl sites for hydroxylation is 1. The zero-order valence-electron chi connectivity index (χ0n) is 18.1. The van der Waals surface area contributed by atoms with E-state index in [4.69, 9.17) is 9.72 Å². The van der Waals surface area contributed by atoms with E-state index in [2.05, 4.69) is 28.4 Å². The van der Waals surface area contributed by atoms with Gasteiger partial charge < -0.3 is 19.9 Å². The number of ether oxygens (including phenoxy) is 1. The number of nitrogens with zero attached hydrogens (tertiary/aromatic N) is 3. The average molecular weight is 421 g/mol. The molecule has 5 rings (SSSR count). The van der Waals surface area contributed by atoms with Crippen LogP contribution < -0.4 is 15.0 Å². The molecule has 1 saturated heterocycles. The smallest absolute Gasteiger partial charge is 0.253 e. The molecule has 3 aliphatic heterocycles. The van der Waals surface area contributed by atoms with Crippen LogP contribution in [0.1, 0.15) is 52.5 Å². The Morgan fingerprint density at radius 1 is 1.16 bits per heavy atom. The van der Waals surface area contributed by atoms with Gasteiger partial charge in [-0.2, -0.15) is 0 Å². The number of amides is 2. The second-order valence-electron chi connectivity index (χ2n) is 8.73. The summed E-state index contributed by atoms with van der Waals surface area (Å²) in [6.45, 7) is 7.38. The summed E-state index contributed by atoms with van der Waals surface area (Å²) < 4.78 is 6.31. The number of hydrogen-bond acceptors (Lipinski definition) is 5. The van der Waals surface area contributed by atoms with Crippen molar-refractivity contribution in [3.63, 3.8) is 0 Å². The summed E-state index contributed by atoms with van der Waals surface area (Å²) in [7, 11) is 0. The fraction of sp³-hybridized carbons (Fsp3) is 0.458. The first kappa shape index (κ1) is 19.8. The molecule has 0 radical (unpaired) electrons. The molecule has 7 nitrogen and oxygen atoms in total. The van der Waals surface area contributed by atoms with E-state index in [0.717, 1.165) is 61.7 Å². The first-order valence-corrected chi connectivity index (χ1v) is 11.1. The maximum absolute atomic E-state index is 11.9. The fourth-order valence-electron chi connectivity index (χ4n) is 4.80. The molecule has 0 unspecified atom stereocenters. The normalized spacial score (nSPS) is 18.5. The lowest BCUT2D eigenvalue weighted by Gasteiger charge is -2.34. The van der Waals surface area contributed by atoms with Crippen molar-refractivity contribution < 1.29 is 14.3 Å². The van der Waals surface area contributed by atoms with Crippen molar-refractivity contribution in [3.8, 4) is 5.75 Å². The minimum atomic E-state index is -0.0271.